The van der Waals surface area contributed by atoms with E-state index in [0.29, 0.717) is 6.42 Å². The predicted octanol–water partition coefficient (Wildman–Crippen LogP) is 2.89. The number of fused-ring (bicyclic) bond motifs is 1. The molecular weight excluding hydrogens is 396 g/mol. The van der Waals surface area contributed by atoms with Crippen LogP contribution in [0.3, 0.4) is 0 Å². The first-order valence-electron chi connectivity index (χ1n) is 10.3. The number of aromatic amines is 1. The molecule has 3 aromatic rings. The SMILES string of the molecule is CCCCn1c(O)c(C2=NN(C(C)=O)[C@H](c3cccc4ccccc34)C2)c(=O)[nH]c1=O. The zero-order valence-electron chi connectivity index (χ0n) is 17.5. The molecular formula is C23H24N4O4. The molecule has 2 aromatic carbocycles. The molecule has 2 N–H and O–H groups in total. The second-order valence-electron chi connectivity index (χ2n) is 7.66. The Morgan fingerprint density at radius 3 is 2.68 bits per heavy atom. The number of amides is 1. The van der Waals surface area contributed by atoms with Crippen LogP contribution in [0.5, 0.6) is 5.88 Å². The van der Waals surface area contributed by atoms with Crippen LogP contribution >= 0.6 is 0 Å². The van der Waals surface area contributed by atoms with Gasteiger partial charge in [0.25, 0.3) is 5.56 Å². The topological polar surface area (TPSA) is 108 Å². The van der Waals surface area contributed by atoms with E-state index in [0.717, 1.165) is 27.3 Å². The molecule has 8 heteroatoms. The summed E-state index contributed by atoms with van der Waals surface area (Å²) in [5.41, 5.74) is -0.257. The number of aromatic nitrogens is 2. The quantitative estimate of drug-likeness (QED) is 0.662. The molecule has 0 unspecified atom stereocenters. The Labute approximate surface area is 178 Å². The summed E-state index contributed by atoms with van der Waals surface area (Å²) in [6.45, 7) is 3.66. The molecule has 1 aliphatic heterocycles. The Morgan fingerprint density at radius 1 is 1.19 bits per heavy atom. The standard InChI is InChI=1S/C23H24N4O4/c1-3-4-12-26-22(30)20(21(29)24-23(26)31)18-13-19(27(25-18)14(2)28)17-11-7-9-15-8-5-6-10-16(15)17/h5-11,19,30H,3-4,12-13H2,1-2H3,(H,24,29,31)/t19-/m0/s1. The van der Waals surface area contributed by atoms with Gasteiger partial charge in [-0.2, -0.15) is 5.10 Å². The number of nitrogens with zero attached hydrogens (tertiary/aromatic N) is 3. The average molecular weight is 420 g/mol. The number of unbranched alkanes of at least 4 members (excludes halogenated alkanes) is 1. The number of carbonyl (C=O) groups is 1. The number of rotatable bonds is 5. The van der Waals surface area contributed by atoms with Gasteiger partial charge >= 0.3 is 5.69 Å². The van der Waals surface area contributed by atoms with E-state index < -0.39 is 23.2 Å². The summed E-state index contributed by atoms with van der Waals surface area (Å²) < 4.78 is 1.14. The number of benzene rings is 2. The molecule has 1 aliphatic rings. The van der Waals surface area contributed by atoms with Gasteiger partial charge in [0.05, 0.1) is 11.8 Å². The first-order chi connectivity index (χ1) is 14.9. The lowest BCUT2D eigenvalue weighted by Gasteiger charge is -2.22. The predicted molar refractivity (Wildman–Crippen MR) is 118 cm³/mol. The highest BCUT2D eigenvalue weighted by atomic mass is 16.3. The van der Waals surface area contributed by atoms with Crippen molar-refractivity contribution in [1.82, 2.24) is 14.6 Å². The molecule has 0 saturated heterocycles. The minimum absolute atomic E-state index is 0.0651. The first-order valence-corrected chi connectivity index (χ1v) is 10.3. The molecule has 0 saturated carbocycles. The Morgan fingerprint density at radius 2 is 1.94 bits per heavy atom. The Hall–Kier alpha value is -3.68. The van der Waals surface area contributed by atoms with E-state index >= 15 is 0 Å². The summed E-state index contributed by atoms with van der Waals surface area (Å²) >= 11 is 0. The van der Waals surface area contributed by atoms with Gasteiger partial charge in [-0.3, -0.25) is 19.1 Å². The van der Waals surface area contributed by atoms with Crippen molar-refractivity contribution in [2.24, 2.45) is 5.10 Å². The highest BCUT2D eigenvalue weighted by Gasteiger charge is 2.35. The average Bonchev–Trinajstić information content (AvgIpc) is 3.18. The zero-order chi connectivity index (χ0) is 22.1. The maximum atomic E-state index is 12.6. The maximum absolute atomic E-state index is 12.6. The van der Waals surface area contributed by atoms with Gasteiger partial charge in [-0.25, -0.2) is 9.80 Å². The molecule has 0 spiro atoms. The van der Waals surface area contributed by atoms with Crippen LogP contribution in [0, 0.1) is 0 Å². The second kappa shape index (κ2) is 8.22. The van der Waals surface area contributed by atoms with Gasteiger partial charge in [-0.15, -0.1) is 0 Å². The van der Waals surface area contributed by atoms with E-state index in [1.54, 1.807) is 0 Å². The number of nitrogens with one attached hydrogen (secondary N) is 1. The van der Waals surface area contributed by atoms with Gasteiger partial charge < -0.3 is 5.11 Å². The molecule has 1 atom stereocenters. The number of carbonyl (C=O) groups excluding carboxylic acids is 1. The number of hydrogen-bond donors (Lipinski definition) is 2. The Bertz CT molecular complexity index is 1300. The van der Waals surface area contributed by atoms with E-state index in [9.17, 15) is 19.5 Å². The summed E-state index contributed by atoms with van der Waals surface area (Å²) in [6.07, 6.45) is 1.74. The van der Waals surface area contributed by atoms with E-state index in [1.165, 1.54) is 11.9 Å². The van der Waals surface area contributed by atoms with Crippen LogP contribution in [0.2, 0.25) is 0 Å². The van der Waals surface area contributed by atoms with Crippen LogP contribution in [0.4, 0.5) is 0 Å². The van der Waals surface area contributed by atoms with Crippen LogP contribution in [-0.4, -0.2) is 31.3 Å². The van der Waals surface area contributed by atoms with Crippen molar-refractivity contribution in [3.05, 3.63) is 74.4 Å². The van der Waals surface area contributed by atoms with Crippen molar-refractivity contribution in [3.8, 4) is 5.88 Å². The van der Waals surface area contributed by atoms with Crippen LogP contribution in [0.15, 0.2) is 57.2 Å². The van der Waals surface area contributed by atoms with Crippen LogP contribution in [-0.2, 0) is 11.3 Å². The molecule has 31 heavy (non-hydrogen) atoms. The number of hydrogen-bond acceptors (Lipinski definition) is 5. The van der Waals surface area contributed by atoms with Crippen LogP contribution < -0.4 is 11.2 Å². The molecule has 1 amide bonds. The third-order valence-electron chi connectivity index (χ3n) is 5.61. The van der Waals surface area contributed by atoms with E-state index in [1.807, 2.05) is 49.4 Å². The normalized spacial score (nSPS) is 16.0. The molecule has 0 bridgehead atoms. The molecule has 4 rings (SSSR count). The third-order valence-corrected chi connectivity index (χ3v) is 5.61. The Kier molecular flexibility index (Phi) is 5.46. The van der Waals surface area contributed by atoms with Gasteiger partial charge in [0.2, 0.25) is 11.8 Å². The van der Waals surface area contributed by atoms with Gasteiger partial charge in [-0.05, 0) is 22.8 Å². The van der Waals surface area contributed by atoms with Crippen LogP contribution in [0.1, 0.15) is 50.3 Å². The molecule has 1 aromatic heterocycles. The summed E-state index contributed by atoms with van der Waals surface area (Å²) in [7, 11) is 0. The Balaban J connectivity index is 1.82. The fraction of sp³-hybridized carbons (Fsp3) is 0.304. The number of aromatic hydroxyl groups is 1. The summed E-state index contributed by atoms with van der Waals surface area (Å²) in [5.74, 6) is -0.689. The van der Waals surface area contributed by atoms with Crippen molar-refractivity contribution in [2.45, 2.75) is 45.7 Å². The summed E-state index contributed by atoms with van der Waals surface area (Å²) in [5, 5.41) is 18.5. The van der Waals surface area contributed by atoms with Crippen molar-refractivity contribution in [1.29, 1.82) is 0 Å². The van der Waals surface area contributed by atoms with E-state index in [-0.39, 0.29) is 30.1 Å². The monoisotopic (exact) mass is 420 g/mol. The molecule has 160 valence electrons. The number of H-pyrrole nitrogens is 1. The lowest BCUT2D eigenvalue weighted by molar-refractivity contribution is -0.130. The lowest BCUT2D eigenvalue weighted by atomic mass is 9.94. The van der Waals surface area contributed by atoms with Crippen LogP contribution in [0.25, 0.3) is 10.8 Å². The first kappa shape index (κ1) is 20.6. The third kappa shape index (κ3) is 3.65. The highest BCUT2D eigenvalue weighted by Crippen LogP contribution is 2.36. The van der Waals surface area contributed by atoms with Gasteiger partial charge in [-0.1, -0.05) is 55.8 Å². The van der Waals surface area contributed by atoms with E-state index in [4.69, 9.17) is 0 Å². The zero-order valence-corrected chi connectivity index (χ0v) is 17.5. The minimum atomic E-state index is -0.712. The van der Waals surface area contributed by atoms with Crippen molar-refractivity contribution in [2.75, 3.05) is 0 Å². The van der Waals surface area contributed by atoms with Gasteiger partial charge in [0.1, 0.15) is 5.56 Å². The molecule has 8 nitrogen and oxygen atoms in total. The molecule has 0 fully saturated rings. The molecule has 2 heterocycles. The largest absolute Gasteiger partial charge is 0.494 e. The second-order valence-corrected chi connectivity index (χ2v) is 7.66. The lowest BCUT2D eigenvalue weighted by Crippen LogP contribution is -2.33. The van der Waals surface area contributed by atoms with Gasteiger partial charge in [0, 0.05) is 19.9 Å². The molecule has 0 radical (unpaired) electrons. The maximum Gasteiger partial charge on any atom is 0.331 e. The molecule has 0 aliphatic carbocycles. The van der Waals surface area contributed by atoms with Gasteiger partial charge in [0.15, 0.2) is 0 Å². The summed E-state index contributed by atoms with van der Waals surface area (Å²) in [6, 6.07) is 13.3. The summed E-state index contributed by atoms with van der Waals surface area (Å²) in [4.78, 5) is 39.4. The van der Waals surface area contributed by atoms with E-state index in [2.05, 4.69) is 10.1 Å². The number of hydrazone groups is 1. The fourth-order valence-corrected chi connectivity index (χ4v) is 4.08. The smallest absolute Gasteiger partial charge is 0.331 e. The van der Waals surface area contributed by atoms with Crippen molar-refractivity contribution < 1.29 is 9.90 Å². The van der Waals surface area contributed by atoms with Crippen molar-refractivity contribution >= 4 is 22.4 Å². The fourth-order valence-electron chi connectivity index (χ4n) is 4.08. The minimum Gasteiger partial charge on any atom is -0.494 e. The highest BCUT2D eigenvalue weighted by molar-refractivity contribution is 6.04. The van der Waals surface area contributed by atoms with Crippen molar-refractivity contribution in [3.63, 3.8) is 0 Å².